The van der Waals surface area contributed by atoms with Crippen LogP contribution in [-0.4, -0.2) is 74.0 Å². The molecule has 0 aliphatic heterocycles. The minimum atomic E-state index is -1.06. The number of hydrogen-bond acceptors (Lipinski definition) is 5. The maximum absolute atomic E-state index is 13.3. The molecule has 0 saturated carbocycles. The number of nitrogens with zero attached hydrogens (tertiary/aromatic N) is 3. The standard InChI is InChI=1S/C9H4FN5O3.2Na/c10-4-1-5-6(2-7(4)15(17)18)14-9(16)8(13-5)12-3-11;;/h1-2H,(H,12,13)(H,14,16);;. The van der Waals surface area contributed by atoms with Crippen molar-refractivity contribution in [3.05, 3.63) is 43.9 Å². The number of hydrogen-bond donors (Lipinski definition) is 2. The first-order chi connectivity index (χ1) is 8.52. The predicted molar refractivity (Wildman–Crippen MR) is 68.2 cm³/mol. The molecule has 0 atom stereocenters. The Morgan fingerprint density at radius 1 is 1.30 bits per heavy atom. The van der Waals surface area contributed by atoms with Gasteiger partial charge in [-0.3, -0.25) is 14.9 Å². The number of rotatable bonds is 1. The van der Waals surface area contributed by atoms with E-state index in [0.29, 0.717) is 0 Å². The number of aromatic nitrogens is 2. The molecule has 0 aliphatic rings. The van der Waals surface area contributed by atoms with E-state index in [1.165, 1.54) is 6.19 Å². The van der Waals surface area contributed by atoms with E-state index in [1.807, 2.05) is 0 Å². The van der Waals surface area contributed by atoms with E-state index in [9.17, 15) is 19.3 Å². The summed E-state index contributed by atoms with van der Waals surface area (Å²) in [5.74, 6) is -1.06. The molecule has 0 fully saturated rings. The van der Waals surface area contributed by atoms with E-state index in [-0.39, 0.29) is 75.6 Å². The van der Waals surface area contributed by atoms with Gasteiger partial charge < -0.3 is 9.97 Å². The fraction of sp³-hybridized carbons (Fsp3) is 0. The molecule has 1 aromatic carbocycles. The molecule has 2 aromatic rings. The predicted octanol–water partition coefficient (Wildman–Crippen LogP) is -0.476. The van der Waals surface area contributed by atoms with Crippen molar-refractivity contribution in [1.29, 1.82) is 5.26 Å². The molecule has 8 nitrogen and oxygen atoms in total. The number of halogens is 1. The number of H-pyrrole nitrogens is 2. The summed E-state index contributed by atoms with van der Waals surface area (Å²) in [5.41, 5.74) is -1.66. The molecule has 11 heteroatoms. The second-order valence-electron chi connectivity index (χ2n) is 3.25. The zero-order valence-corrected chi connectivity index (χ0v) is 14.6. The molecule has 0 bridgehead atoms. The van der Waals surface area contributed by atoms with Crippen LogP contribution in [0, 0.1) is 27.4 Å². The summed E-state index contributed by atoms with van der Waals surface area (Å²) < 4.78 is 13.3. The van der Waals surface area contributed by atoms with E-state index in [2.05, 4.69) is 15.0 Å². The molecule has 2 rings (SSSR count). The first kappa shape index (κ1) is 19.0. The fourth-order valence-electron chi connectivity index (χ4n) is 1.40. The van der Waals surface area contributed by atoms with Crippen molar-refractivity contribution in [1.82, 2.24) is 9.97 Å². The third-order valence-corrected chi connectivity index (χ3v) is 2.16. The van der Waals surface area contributed by atoms with Crippen LogP contribution in [0.1, 0.15) is 0 Å². The number of aromatic amines is 2. The average molecular weight is 295 g/mol. The minimum Gasteiger partial charge on any atom is -0.333 e. The zero-order valence-electron chi connectivity index (χ0n) is 10.6. The number of nitro benzene ring substituents is 1. The van der Waals surface area contributed by atoms with Crippen LogP contribution in [0.25, 0.3) is 11.0 Å². The van der Waals surface area contributed by atoms with Crippen LogP contribution in [0.4, 0.5) is 10.1 Å². The van der Waals surface area contributed by atoms with Crippen molar-refractivity contribution >= 4 is 75.8 Å². The molecule has 0 aliphatic carbocycles. The van der Waals surface area contributed by atoms with Crippen LogP contribution in [0.5, 0.6) is 0 Å². The smallest absolute Gasteiger partial charge is 0.307 e. The van der Waals surface area contributed by atoms with Crippen LogP contribution in [0.15, 0.2) is 21.9 Å². The Morgan fingerprint density at radius 3 is 2.45 bits per heavy atom. The van der Waals surface area contributed by atoms with Gasteiger partial charge in [0.15, 0.2) is 0 Å². The summed E-state index contributed by atoms with van der Waals surface area (Å²) in [6, 6.07) is 1.73. The molecule has 0 saturated heterocycles. The van der Waals surface area contributed by atoms with E-state index in [1.54, 1.807) is 0 Å². The summed E-state index contributed by atoms with van der Waals surface area (Å²) >= 11 is 0. The Morgan fingerprint density at radius 2 is 1.90 bits per heavy atom. The largest absolute Gasteiger partial charge is 0.333 e. The maximum Gasteiger partial charge on any atom is 0.307 e. The third kappa shape index (κ3) is 3.76. The van der Waals surface area contributed by atoms with Gasteiger partial charge in [-0.15, -0.1) is 4.99 Å². The van der Waals surface area contributed by atoms with Crippen molar-refractivity contribution in [2.24, 2.45) is 4.99 Å². The zero-order chi connectivity index (χ0) is 13.3. The Kier molecular flexibility index (Phi) is 7.29. The van der Waals surface area contributed by atoms with E-state index in [4.69, 9.17) is 5.26 Å². The van der Waals surface area contributed by atoms with Gasteiger partial charge in [0, 0.05) is 71.2 Å². The Hall–Kier alpha value is -1.02. The number of benzene rings is 1. The van der Waals surface area contributed by atoms with Gasteiger partial charge in [-0.05, 0) is 0 Å². The van der Waals surface area contributed by atoms with Gasteiger partial charge in [-0.1, -0.05) is 0 Å². The molecule has 2 radical (unpaired) electrons. The summed E-state index contributed by atoms with van der Waals surface area (Å²) in [6.45, 7) is 0. The second-order valence-corrected chi connectivity index (χ2v) is 3.25. The van der Waals surface area contributed by atoms with Gasteiger partial charge >= 0.3 is 5.69 Å². The quantitative estimate of drug-likeness (QED) is 0.319. The van der Waals surface area contributed by atoms with Gasteiger partial charge in [-0.25, -0.2) is 0 Å². The number of nitriles is 1. The van der Waals surface area contributed by atoms with Gasteiger partial charge in [0.05, 0.1) is 16.0 Å². The third-order valence-electron chi connectivity index (χ3n) is 2.16. The first-order valence-electron chi connectivity index (χ1n) is 4.56. The Bertz CT molecular complexity index is 823. The molecule has 20 heavy (non-hydrogen) atoms. The van der Waals surface area contributed by atoms with Crippen molar-refractivity contribution in [2.75, 3.05) is 0 Å². The van der Waals surface area contributed by atoms with Crippen LogP contribution in [0.2, 0.25) is 0 Å². The summed E-state index contributed by atoms with van der Waals surface area (Å²) in [4.78, 5) is 28.9. The van der Waals surface area contributed by atoms with E-state index < -0.39 is 22.0 Å². The van der Waals surface area contributed by atoms with Gasteiger partial charge in [0.2, 0.25) is 17.5 Å². The summed E-state index contributed by atoms with van der Waals surface area (Å²) in [5, 5.41) is 18.9. The summed E-state index contributed by atoms with van der Waals surface area (Å²) in [7, 11) is 0. The van der Waals surface area contributed by atoms with Crippen molar-refractivity contribution in [3.8, 4) is 6.19 Å². The normalized spacial score (nSPS) is 10.3. The minimum absolute atomic E-state index is 0. The van der Waals surface area contributed by atoms with Gasteiger partial charge in [-0.2, -0.15) is 9.65 Å². The molecule has 2 N–H and O–H groups in total. The van der Waals surface area contributed by atoms with Crippen molar-refractivity contribution in [2.45, 2.75) is 0 Å². The van der Waals surface area contributed by atoms with E-state index >= 15 is 0 Å². The summed E-state index contributed by atoms with van der Waals surface area (Å²) in [6.07, 6.45) is 1.41. The molecule has 1 heterocycles. The molecular weight excluding hydrogens is 291 g/mol. The van der Waals surface area contributed by atoms with Gasteiger partial charge in [0.25, 0.3) is 5.56 Å². The molecule has 0 unspecified atom stereocenters. The number of fused-ring (bicyclic) bond motifs is 1. The molecular formula is C9H4FN5Na2O3. The number of nitrogens with one attached hydrogen (secondary N) is 2. The molecule has 92 valence electrons. The monoisotopic (exact) mass is 295 g/mol. The van der Waals surface area contributed by atoms with Crippen LogP contribution >= 0.6 is 0 Å². The maximum atomic E-state index is 13.3. The molecule has 0 amide bonds. The van der Waals surface area contributed by atoms with E-state index in [0.717, 1.165) is 12.1 Å². The average Bonchev–Trinajstić information content (AvgIpc) is 2.30. The Labute approximate surface area is 154 Å². The van der Waals surface area contributed by atoms with Gasteiger partial charge in [0.1, 0.15) is 0 Å². The second kappa shape index (κ2) is 7.68. The van der Waals surface area contributed by atoms with Crippen LogP contribution < -0.4 is 11.0 Å². The fourth-order valence-corrected chi connectivity index (χ4v) is 1.40. The molecule has 0 spiro atoms. The first-order valence-corrected chi connectivity index (χ1v) is 4.56. The number of nitro groups is 1. The van der Waals surface area contributed by atoms with Crippen molar-refractivity contribution in [3.63, 3.8) is 0 Å². The van der Waals surface area contributed by atoms with Crippen LogP contribution in [-0.2, 0) is 0 Å². The van der Waals surface area contributed by atoms with Crippen molar-refractivity contribution < 1.29 is 9.31 Å². The topological polar surface area (TPSA) is 128 Å². The SMILES string of the molecule is N#CN=c1[nH]c2cc(F)c([N+](=O)[O-])cc2[nH]c1=O.[Na].[Na]. The Balaban J connectivity index is 0.00000180. The van der Waals surface area contributed by atoms with Crippen LogP contribution in [0.3, 0.4) is 0 Å². The molecule has 1 aromatic heterocycles.